The number of hydrogen-bond donors (Lipinski definition) is 1. The molecule has 13 heavy (non-hydrogen) atoms. The van der Waals surface area contributed by atoms with Gasteiger partial charge in [-0.2, -0.15) is 0 Å². The molecule has 0 amide bonds. The van der Waals surface area contributed by atoms with Crippen LogP contribution in [0.1, 0.15) is 38.4 Å². The van der Waals surface area contributed by atoms with Crippen molar-refractivity contribution in [2.75, 3.05) is 6.54 Å². The van der Waals surface area contributed by atoms with Crippen LogP contribution in [0.3, 0.4) is 0 Å². The first-order valence-electron chi connectivity index (χ1n) is 4.87. The lowest BCUT2D eigenvalue weighted by atomic mass is 10.1. The standard InChI is InChI=1S/C9H18N4/c1-3-13-7-11-12-9(13)8(2)5-4-6-10/h7-8H,3-6,10H2,1-2H3. The van der Waals surface area contributed by atoms with Crippen molar-refractivity contribution in [2.24, 2.45) is 5.73 Å². The molecule has 0 saturated carbocycles. The van der Waals surface area contributed by atoms with Gasteiger partial charge in [-0.1, -0.05) is 6.92 Å². The van der Waals surface area contributed by atoms with Crippen LogP contribution in [0.5, 0.6) is 0 Å². The van der Waals surface area contributed by atoms with Gasteiger partial charge in [-0.3, -0.25) is 0 Å². The maximum absolute atomic E-state index is 5.46. The first kappa shape index (κ1) is 10.2. The minimum Gasteiger partial charge on any atom is -0.330 e. The monoisotopic (exact) mass is 182 g/mol. The van der Waals surface area contributed by atoms with E-state index in [-0.39, 0.29) is 0 Å². The highest BCUT2D eigenvalue weighted by atomic mass is 15.3. The van der Waals surface area contributed by atoms with Crippen molar-refractivity contribution >= 4 is 0 Å². The second-order valence-corrected chi connectivity index (χ2v) is 3.31. The Morgan fingerprint density at radius 3 is 3.00 bits per heavy atom. The molecule has 0 spiro atoms. The molecule has 1 aromatic rings. The van der Waals surface area contributed by atoms with Gasteiger partial charge in [0, 0.05) is 12.5 Å². The fourth-order valence-corrected chi connectivity index (χ4v) is 1.44. The zero-order valence-electron chi connectivity index (χ0n) is 8.40. The Hall–Kier alpha value is -0.900. The lowest BCUT2D eigenvalue weighted by molar-refractivity contribution is 0.567. The second-order valence-electron chi connectivity index (χ2n) is 3.31. The largest absolute Gasteiger partial charge is 0.330 e. The van der Waals surface area contributed by atoms with Crippen LogP contribution in [0.25, 0.3) is 0 Å². The van der Waals surface area contributed by atoms with Gasteiger partial charge in [0.1, 0.15) is 12.2 Å². The topological polar surface area (TPSA) is 56.7 Å². The Morgan fingerprint density at radius 2 is 2.38 bits per heavy atom. The Morgan fingerprint density at radius 1 is 1.62 bits per heavy atom. The highest BCUT2D eigenvalue weighted by Crippen LogP contribution is 2.17. The van der Waals surface area contributed by atoms with Crippen LogP contribution >= 0.6 is 0 Å². The minimum absolute atomic E-state index is 0.464. The molecule has 0 saturated heterocycles. The fraction of sp³-hybridized carbons (Fsp3) is 0.778. The molecule has 0 aliphatic rings. The van der Waals surface area contributed by atoms with E-state index in [4.69, 9.17) is 5.73 Å². The Labute approximate surface area is 79.2 Å². The van der Waals surface area contributed by atoms with Crippen molar-refractivity contribution in [3.8, 4) is 0 Å². The SMILES string of the molecule is CCn1cnnc1C(C)CCCN. The lowest BCUT2D eigenvalue weighted by Crippen LogP contribution is -2.07. The second kappa shape index (κ2) is 4.97. The first-order chi connectivity index (χ1) is 6.29. The molecular formula is C9H18N4. The molecule has 0 bridgehead atoms. The molecule has 1 atom stereocenters. The molecular weight excluding hydrogens is 164 g/mol. The average molecular weight is 182 g/mol. The smallest absolute Gasteiger partial charge is 0.135 e. The highest BCUT2D eigenvalue weighted by Gasteiger charge is 2.11. The van der Waals surface area contributed by atoms with Crippen LogP contribution in [0.2, 0.25) is 0 Å². The average Bonchev–Trinajstić information content (AvgIpc) is 2.61. The molecule has 1 rings (SSSR count). The molecule has 0 aliphatic heterocycles. The summed E-state index contributed by atoms with van der Waals surface area (Å²) in [7, 11) is 0. The van der Waals surface area contributed by atoms with Crippen molar-refractivity contribution in [1.82, 2.24) is 14.8 Å². The normalized spacial score (nSPS) is 13.2. The summed E-state index contributed by atoms with van der Waals surface area (Å²) in [5.41, 5.74) is 5.46. The molecule has 74 valence electrons. The molecule has 0 fully saturated rings. The molecule has 0 aliphatic carbocycles. The molecule has 1 heterocycles. The van der Waals surface area contributed by atoms with Gasteiger partial charge < -0.3 is 10.3 Å². The maximum Gasteiger partial charge on any atom is 0.135 e. The van der Waals surface area contributed by atoms with Crippen molar-refractivity contribution in [3.05, 3.63) is 12.2 Å². The van der Waals surface area contributed by atoms with E-state index in [1.165, 1.54) is 0 Å². The summed E-state index contributed by atoms with van der Waals surface area (Å²) < 4.78 is 2.08. The van der Waals surface area contributed by atoms with E-state index in [0.717, 1.165) is 31.8 Å². The summed E-state index contributed by atoms with van der Waals surface area (Å²) in [6.45, 7) is 5.97. The summed E-state index contributed by atoms with van der Waals surface area (Å²) in [4.78, 5) is 0. The van der Waals surface area contributed by atoms with E-state index in [1.54, 1.807) is 6.33 Å². The molecule has 1 unspecified atom stereocenters. The van der Waals surface area contributed by atoms with Gasteiger partial charge in [-0.25, -0.2) is 0 Å². The summed E-state index contributed by atoms with van der Waals surface area (Å²) >= 11 is 0. The number of rotatable bonds is 5. The fourth-order valence-electron chi connectivity index (χ4n) is 1.44. The molecule has 2 N–H and O–H groups in total. The van der Waals surface area contributed by atoms with E-state index in [0.29, 0.717) is 5.92 Å². The predicted molar refractivity (Wildman–Crippen MR) is 52.4 cm³/mol. The van der Waals surface area contributed by atoms with Crippen LogP contribution in [0.4, 0.5) is 0 Å². The van der Waals surface area contributed by atoms with Crippen LogP contribution in [0, 0.1) is 0 Å². The lowest BCUT2D eigenvalue weighted by Gasteiger charge is -2.10. The van der Waals surface area contributed by atoms with Crippen LogP contribution < -0.4 is 5.73 Å². The van der Waals surface area contributed by atoms with E-state index in [2.05, 4.69) is 28.6 Å². The third kappa shape index (κ3) is 2.52. The van der Waals surface area contributed by atoms with E-state index in [9.17, 15) is 0 Å². The summed E-state index contributed by atoms with van der Waals surface area (Å²) in [5, 5.41) is 8.02. The van der Waals surface area contributed by atoms with E-state index < -0.39 is 0 Å². The molecule has 0 radical (unpaired) electrons. The third-order valence-corrected chi connectivity index (χ3v) is 2.27. The number of aromatic nitrogens is 3. The van der Waals surface area contributed by atoms with Gasteiger partial charge in [-0.15, -0.1) is 10.2 Å². The van der Waals surface area contributed by atoms with E-state index >= 15 is 0 Å². The van der Waals surface area contributed by atoms with Gasteiger partial charge in [0.25, 0.3) is 0 Å². The van der Waals surface area contributed by atoms with Crippen molar-refractivity contribution < 1.29 is 0 Å². The number of hydrogen-bond acceptors (Lipinski definition) is 3. The quantitative estimate of drug-likeness (QED) is 0.743. The van der Waals surface area contributed by atoms with Crippen molar-refractivity contribution in [2.45, 2.75) is 39.2 Å². The zero-order valence-corrected chi connectivity index (χ0v) is 8.40. The zero-order chi connectivity index (χ0) is 9.68. The van der Waals surface area contributed by atoms with E-state index in [1.807, 2.05) is 0 Å². The Kier molecular flexibility index (Phi) is 3.89. The summed E-state index contributed by atoms with van der Waals surface area (Å²) in [5.74, 6) is 1.54. The minimum atomic E-state index is 0.464. The molecule has 4 heteroatoms. The molecule has 1 aromatic heterocycles. The summed E-state index contributed by atoms with van der Waals surface area (Å²) in [6, 6.07) is 0. The van der Waals surface area contributed by atoms with Gasteiger partial charge in [0.2, 0.25) is 0 Å². The Bertz CT molecular complexity index is 244. The number of nitrogens with zero attached hydrogens (tertiary/aromatic N) is 3. The van der Waals surface area contributed by atoms with Crippen LogP contribution in [0.15, 0.2) is 6.33 Å². The highest BCUT2D eigenvalue weighted by molar-refractivity contribution is 4.93. The number of nitrogens with two attached hydrogens (primary N) is 1. The number of aryl methyl sites for hydroxylation is 1. The predicted octanol–water partition coefficient (Wildman–Crippen LogP) is 1.14. The van der Waals surface area contributed by atoms with Crippen LogP contribution in [-0.2, 0) is 6.54 Å². The third-order valence-electron chi connectivity index (χ3n) is 2.27. The van der Waals surface area contributed by atoms with Crippen molar-refractivity contribution in [3.63, 3.8) is 0 Å². The van der Waals surface area contributed by atoms with Crippen molar-refractivity contribution in [1.29, 1.82) is 0 Å². The summed E-state index contributed by atoms with van der Waals surface area (Å²) in [6.07, 6.45) is 3.93. The Balaban J connectivity index is 2.59. The van der Waals surface area contributed by atoms with Gasteiger partial charge >= 0.3 is 0 Å². The molecule has 0 aromatic carbocycles. The van der Waals surface area contributed by atoms with Gasteiger partial charge in [-0.05, 0) is 26.3 Å². The van der Waals surface area contributed by atoms with Gasteiger partial charge in [0.15, 0.2) is 0 Å². The van der Waals surface area contributed by atoms with Crippen LogP contribution in [-0.4, -0.2) is 21.3 Å². The maximum atomic E-state index is 5.46. The first-order valence-corrected chi connectivity index (χ1v) is 4.87. The van der Waals surface area contributed by atoms with Gasteiger partial charge in [0.05, 0.1) is 0 Å². The molecule has 4 nitrogen and oxygen atoms in total.